The first kappa shape index (κ1) is 19.5. The molecule has 0 spiro atoms. The number of carbonyl (C=O) groups is 1. The highest BCUT2D eigenvalue weighted by Crippen LogP contribution is 2.30. The van der Waals surface area contributed by atoms with Gasteiger partial charge in [0.2, 0.25) is 5.91 Å². The number of nitrogens with one attached hydrogen (secondary N) is 2. The zero-order valence-electron chi connectivity index (χ0n) is 16.6. The first-order valence-corrected chi connectivity index (χ1v) is 11.1. The Balaban J connectivity index is 1.30. The van der Waals surface area contributed by atoms with Crippen LogP contribution in [0.25, 0.3) is 10.9 Å². The smallest absolute Gasteiger partial charge is 0.223 e. The molecule has 0 bridgehead atoms. The molecule has 2 atom stereocenters. The van der Waals surface area contributed by atoms with E-state index in [9.17, 15) is 4.79 Å². The van der Waals surface area contributed by atoms with Crippen molar-refractivity contribution in [3.05, 3.63) is 35.5 Å². The molecule has 2 unspecified atom stereocenters. The summed E-state index contributed by atoms with van der Waals surface area (Å²) < 4.78 is 0. The summed E-state index contributed by atoms with van der Waals surface area (Å²) in [6.07, 6.45) is 10.7. The Labute approximate surface area is 172 Å². The molecule has 0 aliphatic heterocycles. The number of anilines is 1. The van der Waals surface area contributed by atoms with Crippen molar-refractivity contribution in [2.24, 2.45) is 11.8 Å². The van der Waals surface area contributed by atoms with Gasteiger partial charge >= 0.3 is 0 Å². The molecule has 2 saturated carbocycles. The van der Waals surface area contributed by atoms with Gasteiger partial charge in [-0.1, -0.05) is 31.4 Å². The van der Waals surface area contributed by atoms with Gasteiger partial charge in [-0.15, -0.1) is 0 Å². The normalized spacial score (nSPS) is 28.1. The number of hydrogen-bond donors (Lipinski definition) is 2. The first-order valence-electron chi connectivity index (χ1n) is 10.7. The van der Waals surface area contributed by atoms with Gasteiger partial charge in [-0.2, -0.15) is 0 Å². The number of carbonyl (C=O) groups excluding carboxylic acids is 1. The molecular weight excluding hydrogens is 370 g/mol. The lowest BCUT2D eigenvalue weighted by molar-refractivity contribution is -0.127. The van der Waals surface area contributed by atoms with E-state index in [2.05, 4.69) is 22.5 Å². The number of halogens is 1. The van der Waals surface area contributed by atoms with Crippen molar-refractivity contribution in [3.63, 3.8) is 0 Å². The van der Waals surface area contributed by atoms with E-state index in [0.29, 0.717) is 28.9 Å². The molecule has 2 aromatic rings. The average molecular weight is 400 g/mol. The summed E-state index contributed by atoms with van der Waals surface area (Å²) in [4.78, 5) is 17.0. The molecule has 1 heterocycles. The summed E-state index contributed by atoms with van der Waals surface area (Å²) in [5.74, 6) is 1.21. The monoisotopic (exact) mass is 399 g/mol. The van der Waals surface area contributed by atoms with Crippen LogP contribution in [-0.4, -0.2) is 23.0 Å². The van der Waals surface area contributed by atoms with Gasteiger partial charge in [0, 0.05) is 40.3 Å². The molecule has 2 N–H and O–H groups in total. The Bertz CT molecular complexity index is 832. The standard InChI is InChI=1S/C23H30ClN3O/c1-15-3-2-4-16(13-15)23(28)27-19-8-6-18(7-9-19)26-21-11-12-25-22-14-17(24)5-10-20(21)22/h5,10-12,14-16,18-19H,2-4,6-9,13H2,1H3,(H,25,26)(H,27,28). The minimum atomic E-state index is 0.231. The summed E-state index contributed by atoms with van der Waals surface area (Å²) in [7, 11) is 0. The Hall–Kier alpha value is -1.81. The zero-order chi connectivity index (χ0) is 19.5. The molecule has 0 saturated heterocycles. The number of pyridine rings is 1. The minimum Gasteiger partial charge on any atom is -0.382 e. The van der Waals surface area contributed by atoms with E-state index < -0.39 is 0 Å². The molecule has 0 radical (unpaired) electrons. The molecular formula is C23H30ClN3O. The highest BCUT2D eigenvalue weighted by Gasteiger charge is 2.28. The quantitative estimate of drug-likeness (QED) is 0.708. The maximum atomic E-state index is 12.6. The highest BCUT2D eigenvalue weighted by atomic mass is 35.5. The minimum absolute atomic E-state index is 0.231. The number of rotatable bonds is 4. The van der Waals surface area contributed by atoms with Gasteiger partial charge < -0.3 is 10.6 Å². The van der Waals surface area contributed by atoms with Crippen LogP contribution in [-0.2, 0) is 4.79 Å². The summed E-state index contributed by atoms with van der Waals surface area (Å²) in [5, 5.41) is 8.84. The number of benzene rings is 1. The average Bonchev–Trinajstić information content (AvgIpc) is 2.69. The summed E-state index contributed by atoms with van der Waals surface area (Å²) in [5.41, 5.74) is 2.03. The van der Waals surface area contributed by atoms with Crippen molar-refractivity contribution in [2.45, 2.75) is 70.4 Å². The van der Waals surface area contributed by atoms with E-state index in [1.807, 2.05) is 30.5 Å². The lowest BCUT2D eigenvalue weighted by atomic mass is 9.81. The molecule has 2 fully saturated rings. The van der Waals surface area contributed by atoms with E-state index in [0.717, 1.165) is 55.1 Å². The molecule has 1 aromatic heterocycles. The van der Waals surface area contributed by atoms with Crippen LogP contribution in [0.2, 0.25) is 5.02 Å². The van der Waals surface area contributed by atoms with Crippen LogP contribution in [0.15, 0.2) is 30.5 Å². The SMILES string of the molecule is CC1CCCC(C(=O)NC2CCC(Nc3ccnc4cc(Cl)ccc34)CC2)C1. The van der Waals surface area contributed by atoms with Crippen LogP contribution in [0, 0.1) is 11.8 Å². The van der Waals surface area contributed by atoms with Crippen molar-refractivity contribution in [2.75, 3.05) is 5.32 Å². The molecule has 2 aliphatic rings. The number of nitrogens with zero attached hydrogens (tertiary/aromatic N) is 1. The topological polar surface area (TPSA) is 54.0 Å². The third kappa shape index (κ3) is 4.60. The van der Waals surface area contributed by atoms with E-state index in [1.165, 1.54) is 12.8 Å². The summed E-state index contributed by atoms with van der Waals surface area (Å²) >= 11 is 6.09. The zero-order valence-corrected chi connectivity index (χ0v) is 17.3. The molecule has 4 rings (SSSR count). The van der Waals surface area contributed by atoms with Crippen LogP contribution in [0.1, 0.15) is 58.3 Å². The number of amides is 1. The molecule has 4 nitrogen and oxygen atoms in total. The Morgan fingerprint density at radius 1 is 1.07 bits per heavy atom. The van der Waals surface area contributed by atoms with E-state index >= 15 is 0 Å². The predicted molar refractivity (Wildman–Crippen MR) is 116 cm³/mol. The maximum Gasteiger partial charge on any atom is 0.223 e. The molecule has 2 aliphatic carbocycles. The molecule has 5 heteroatoms. The van der Waals surface area contributed by atoms with Gasteiger partial charge in [0.05, 0.1) is 5.52 Å². The number of fused-ring (bicyclic) bond motifs is 1. The van der Waals surface area contributed by atoms with E-state index in [-0.39, 0.29) is 5.92 Å². The Morgan fingerprint density at radius 3 is 2.64 bits per heavy atom. The molecule has 1 aromatic carbocycles. The van der Waals surface area contributed by atoms with Crippen LogP contribution >= 0.6 is 11.6 Å². The second-order valence-corrected chi connectivity index (χ2v) is 9.13. The lowest BCUT2D eigenvalue weighted by Crippen LogP contribution is -2.43. The molecule has 150 valence electrons. The number of aromatic nitrogens is 1. The Kier molecular flexibility index (Phi) is 6.05. The van der Waals surface area contributed by atoms with Gasteiger partial charge in [-0.25, -0.2) is 0 Å². The van der Waals surface area contributed by atoms with E-state index in [1.54, 1.807) is 0 Å². The van der Waals surface area contributed by atoms with Crippen LogP contribution in [0.3, 0.4) is 0 Å². The van der Waals surface area contributed by atoms with Gasteiger partial charge in [0.1, 0.15) is 0 Å². The molecule has 1 amide bonds. The molecule has 28 heavy (non-hydrogen) atoms. The summed E-state index contributed by atoms with van der Waals surface area (Å²) in [6, 6.07) is 8.65. The van der Waals surface area contributed by atoms with Crippen LogP contribution < -0.4 is 10.6 Å². The van der Waals surface area contributed by atoms with Crippen molar-refractivity contribution in [1.29, 1.82) is 0 Å². The van der Waals surface area contributed by atoms with Crippen molar-refractivity contribution in [3.8, 4) is 0 Å². The van der Waals surface area contributed by atoms with Gasteiger partial charge in [0.15, 0.2) is 0 Å². The fourth-order valence-corrected chi connectivity index (χ4v) is 5.01. The third-order valence-corrected chi connectivity index (χ3v) is 6.68. The fourth-order valence-electron chi connectivity index (χ4n) is 4.84. The second kappa shape index (κ2) is 8.69. The third-order valence-electron chi connectivity index (χ3n) is 6.45. The van der Waals surface area contributed by atoms with Gasteiger partial charge in [0.25, 0.3) is 0 Å². The first-order chi connectivity index (χ1) is 13.6. The van der Waals surface area contributed by atoms with Crippen molar-refractivity contribution >= 4 is 34.1 Å². The van der Waals surface area contributed by atoms with Crippen LogP contribution in [0.4, 0.5) is 5.69 Å². The van der Waals surface area contributed by atoms with Crippen molar-refractivity contribution < 1.29 is 4.79 Å². The van der Waals surface area contributed by atoms with Gasteiger partial charge in [-0.3, -0.25) is 9.78 Å². The maximum absolute atomic E-state index is 12.6. The summed E-state index contributed by atoms with van der Waals surface area (Å²) in [6.45, 7) is 2.27. The largest absolute Gasteiger partial charge is 0.382 e. The lowest BCUT2D eigenvalue weighted by Gasteiger charge is -2.32. The predicted octanol–water partition coefficient (Wildman–Crippen LogP) is 5.55. The van der Waals surface area contributed by atoms with Crippen molar-refractivity contribution in [1.82, 2.24) is 10.3 Å². The van der Waals surface area contributed by atoms with Gasteiger partial charge in [-0.05, 0) is 68.7 Å². The fraction of sp³-hybridized carbons (Fsp3) is 0.565. The second-order valence-electron chi connectivity index (χ2n) is 8.69. The van der Waals surface area contributed by atoms with Crippen LogP contribution in [0.5, 0.6) is 0 Å². The highest BCUT2D eigenvalue weighted by molar-refractivity contribution is 6.31. The number of hydrogen-bond acceptors (Lipinski definition) is 3. The van der Waals surface area contributed by atoms with E-state index in [4.69, 9.17) is 11.6 Å². The Morgan fingerprint density at radius 2 is 1.86 bits per heavy atom.